The molecule has 0 aliphatic carbocycles. The molecule has 0 unspecified atom stereocenters. The number of aromatic nitrogens is 2. The summed E-state index contributed by atoms with van der Waals surface area (Å²) in [6.07, 6.45) is 3.78. The van der Waals surface area contributed by atoms with Crippen molar-refractivity contribution in [3.8, 4) is 11.3 Å². The molecule has 0 radical (unpaired) electrons. The Morgan fingerprint density at radius 1 is 1.02 bits per heavy atom. The molecule has 3 N–H and O–H groups in total. The lowest BCUT2D eigenvalue weighted by atomic mass is 9.86. The second kappa shape index (κ2) is 13.2. The molecule has 3 aromatic carbocycles. The molecule has 1 saturated heterocycles. The van der Waals surface area contributed by atoms with Gasteiger partial charge in [-0.05, 0) is 71.7 Å². The summed E-state index contributed by atoms with van der Waals surface area (Å²) in [7, 11) is 1.72. The minimum Gasteiger partial charge on any atom is -0.393 e. The highest BCUT2D eigenvalue weighted by atomic mass is 16.3. The van der Waals surface area contributed by atoms with Crippen LogP contribution in [0.25, 0.3) is 11.3 Å². The van der Waals surface area contributed by atoms with Gasteiger partial charge >= 0.3 is 0 Å². The van der Waals surface area contributed by atoms with Crippen LogP contribution in [0.15, 0.2) is 77.7 Å². The minimum absolute atomic E-state index is 0.0103. The molecular formula is C36H43N5O3. The number of aliphatic hydroxyl groups is 1. The molecule has 1 aromatic heterocycles. The lowest BCUT2D eigenvalue weighted by Crippen LogP contribution is -2.35. The second-order valence-electron chi connectivity index (χ2n) is 12.7. The summed E-state index contributed by atoms with van der Waals surface area (Å²) in [6, 6.07) is 21.5. The fourth-order valence-electron chi connectivity index (χ4n) is 5.68. The number of nitrogens with zero attached hydrogens (tertiary/aromatic N) is 3. The number of rotatable bonds is 8. The Labute approximate surface area is 259 Å². The Balaban J connectivity index is 1.38. The molecule has 0 bridgehead atoms. The van der Waals surface area contributed by atoms with Gasteiger partial charge in [-0.1, -0.05) is 64.1 Å². The highest BCUT2D eigenvalue weighted by Gasteiger charge is 2.19. The summed E-state index contributed by atoms with van der Waals surface area (Å²) in [4.78, 5) is 33.5. The Kier molecular flexibility index (Phi) is 9.32. The molecule has 230 valence electrons. The van der Waals surface area contributed by atoms with E-state index in [1.54, 1.807) is 13.2 Å². The van der Waals surface area contributed by atoms with Crippen molar-refractivity contribution in [3.63, 3.8) is 0 Å². The van der Waals surface area contributed by atoms with Crippen molar-refractivity contribution < 1.29 is 9.90 Å². The van der Waals surface area contributed by atoms with E-state index in [2.05, 4.69) is 42.4 Å². The summed E-state index contributed by atoms with van der Waals surface area (Å²) >= 11 is 0. The van der Waals surface area contributed by atoms with E-state index < -0.39 is 0 Å². The van der Waals surface area contributed by atoms with Crippen LogP contribution in [0.3, 0.4) is 0 Å². The first-order valence-electron chi connectivity index (χ1n) is 15.4. The van der Waals surface area contributed by atoms with Crippen molar-refractivity contribution in [2.45, 2.75) is 65.0 Å². The number of carbonyl (C=O) groups excluding carboxylic acids is 1. The Morgan fingerprint density at radius 3 is 2.41 bits per heavy atom. The van der Waals surface area contributed by atoms with Crippen LogP contribution in [0.1, 0.15) is 67.6 Å². The number of likely N-dealkylation sites (tertiary alicyclic amines) is 1. The number of hydrogen-bond acceptors (Lipinski definition) is 6. The van der Waals surface area contributed by atoms with E-state index in [9.17, 15) is 14.7 Å². The number of piperidine rings is 1. The van der Waals surface area contributed by atoms with E-state index in [-0.39, 0.29) is 28.8 Å². The van der Waals surface area contributed by atoms with Gasteiger partial charge in [0.1, 0.15) is 0 Å². The smallest absolute Gasteiger partial charge is 0.293 e. The van der Waals surface area contributed by atoms with E-state index >= 15 is 0 Å². The standard InChI is InChI=1S/C36H43N5O3/c1-6-29-30(11-8-12-31(29)39-34(43)25-13-15-26(16-14-25)36(2,3)4)32-23-40(5)35(44)33(38-32)37-27-10-7-9-24(21-27)22-41-19-17-28(42)18-20-41/h7-16,21,23,28,42H,6,17-20,22H2,1-5H3,(H,37,38)(H,39,43). The molecule has 1 aliphatic rings. The van der Waals surface area contributed by atoms with Crippen molar-refractivity contribution in [2.75, 3.05) is 23.7 Å². The first kappa shape index (κ1) is 31.2. The third kappa shape index (κ3) is 7.26. The number of hydrogen-bond donors (Lipinski definition) is 3. The van der Waals surface area contributed by atoms with Crippen LogP contribution in [-0.2, 0) is 25.4 Å². The highest BCUT2D eigenvalue weighted by Crippen LogP contribution is 2.30. The summed E-state index contributed by atoms with van der Waals surface area (Å²) in [5.41, 5.74) is 6.62. The average Bonchev–Trinajstić information content (AvgIpc) is 3.00. The van der Waals surface area contributed by atoms with Crippen LogP contribution in [0.5, 0.6) is 0 Å². The third-order valence-corrected chi connectivity index (χ3v) is 8.29. The van der Waals surface area contributed by atoms with Gasteiger partial charge in [-0.25, -0.2) is 4.98 Å². The van der Waals surface area contributed by atoms with Crippen LogP contribution in [-0.4, -0.2) is 44.7 Å². The number of carbonyl (C=O) groups is 1. The van der Waals surface area contributed by atoms with E-state index in [4.69, 9.17) is 4.98 Å². The van der Waals surface area contributed by atoms with Crippen LogP contribution in [0.2, 0.25) is 0 Å². The fourth-order valence-corrected chi connectivity index (χ4v) is 5.68. The molecule has 1 fully saturated rings. The normalized spacial score (nSPS) is 14.4. The van der Waals surface area contributed by atoms with Gasteiger partial charge in [0.05, 0.1) is 11.8 Å². The van der Waals surface area contributed by atoms with Gasteiger partial charge in [-0.2, -0.15) is 0 Å². The molecule has 0 spiro atoms. The van der Waals surface area contributed by atoms with Gasteiger partial charge in [-0.15, -0.1) is 0 Å². The maximum Gasteiger partial charge on any atom is 0.293 e. The first-order chi connectivity index (χ1) is 21.0. The molecule has 0 atom stereocenters. The van der Waals surface area contributed by atoms with Crippen LogP contribution in [0.4, 0.5) is 17.2 Å². The molecule has 4 aromatic rings. The Morgan fingerprint density at radius 2 is 1.73 bits per heavy atom. The number of benzene rings is 3. The fraction of sp³-hybridized carbons (Fsp3) is 0.361. The maximum atomic E-state index is 13.2. The zero-order valence-electron chi connectivity index (χ0n) is 26.4. The van der Waals surface area contributed by atoms with Crippen molar-refractivity contribution >= 4 is 23.1 Å². The molecule has 8 heteroatoms. The minimum atomic E-state index is -0.231. The van der Waals surface area contributed by atoms with Crippen LogP contribution in [0, 0.1) is 0 Å². The quantitative estimate of drug-likeness (QED) is 0.223. The molecule has 0 saturated carbocycles. The molecule has 2 heterocycles. The zero-order chi connectivity index (χ0) is 31.4. The maximum absolute atomic E-state index is 13.2. The van der Waals surface area contributed by atoms with Crippen LogP contribution >= 0.6 is 0 Å². The number of aryl methyl sites for hydroxylation is 1. The Hall–Kier alpha value is -4.27. The van der Waals surface area contributed by atoms with E-state index in [0.29, 0.717) is 17.7 Å². The number of nitrogens with one attached hydrogen (secondary N) is 2. The lowest BCUT2D eigenvalue weighted by Gasteiger charge is -2.29. The van der Waals surface area contributed by atoms with Crippen LogP contribution < -0.4 is 16.2 Å². The lowest BCUT2D eigenvalue weighted by molar-refractivity contribution is 0.0792. The van der Waals surface area contributed by atoms with Crippen molar-refractivity contribution in [1.82, 2.24) is 14.5 Å². The summed E-state index contributed by atoms with van der Waals surface area (Å²) in [6.45, 7) is 11.0. The largest absolute Gasteiger partial charge is 0.393 e. The highest BCUT2D eigenvalue weighted by molar-refractivity contribution is 6.05. The summed E-state index contributed by atoms with van der Waals surface area (Å²) in [5, 5.41) is 16.2. The molecule has 44 heavy (non-hydrogen) atoms. The topological polar surface area (TPSA) is 99.5 Å². The van der Waals surface area contributed by atoms with Gasteiger partial charge in [-0.3, -0.25) is 14.5 Å². The second-order valence-corrected chi connectivity index (χ2v) is 12.7. The first-order valence-corrected chi connectivity index (χ1v) is 15.4. The van der Waals surface area contributed by atoms with E-state index in [1.165, 1.54) is 10.1 Å². The average molecular weight is 594 g/mol. The summed E-state index contributed by atoms with van der Waals surface area (Å²) < 4.78 is 1.54. The zero-order valence-corrected chi connectivity index (χ0v) is 26.4. The molecule has 1 amide bonds. The Bertz CT molecular complexity index is 1680. The number of anilines is 3. The van der Waals surface area contributed by atoms with Gasteiger partial charge < -0.3 is 20.3 Å². The molecule has 8 nitrogen and oxygen atoms in total. The van der Waals surface area contributed by atoms with Crippen molar-refractivity contribution in [1.29, 1.82) is 0 Å². The van der Waals surface area contributed by atoms with Crippen molar-refractivity contribution in [2.24, 2.45) is 7.05 Å². The van der Waals surface area contributed by atoms with Gasteiger partial charge in [0.25, 0.3) is 11.5 Å². The SMILES string of the molecule is CCc1c(NC(=O)c2ccc(C(C)(C)C)cc2)cccc1-c1cn(C)c(=O)c(Nc2cccc(CN3CCC(O)CC3)c2)n1. The summed E-state index contributed by atoms with van der Waals surface area (Å²) in [5.74, 6) is 0.0624. The van der Waals surface area contributed by atoms with E-state index in [1.807, 2.05) is 67.6 Å². The van der Waals surface area contributed by atoms with Gasteiger partial charge in [0, 0.05) is 55.4 Å². The van der Waals surface area contributed by atoms with E-state index in [0.717, 1.165) is 60.5 Å². The number of aliphatic hydroxyl groups excluding tert-OH is 1. The number of amides is 1. The predicted octanol–water partition coefficient (Wildman–Crippen LogP) is 6.26. The third-order valence-electron chi connectivity index (χ3n) is 8.29. The molecule has 5 rings (SSSR count). The van der Waals surface area contributed by atoms with Gasteiger partial charge in [0.2, 0.25) is 0 Å². The monoisotopic (exact) mass is 593 g/mol. The van der Waals surface area contributed by atoms with Gasteiger partial charge in [0.15, 0.2) is 5.82 Å². The molecule has 1 aliphatic heterocycles. The van der Waals surface area contributed by atoms with Crippen molar-refractivity contribution in [3.05, 3.63) is 106 Å². The predicted molar refractivity (Wildman–Crippen MR) is 178 cm³/mol. The molecular weight excluding hydrogens is 550 g/mol.